The zero-order chi connectivity index (χ0) is 28.1. The van der Waals surface area contributed by atoms with Crippen molar-refractivity contribution in [2.45, 2.75) is 92.0 Å². The molecule has 8 atom stereocenters. The van der Waals surface area contributed by atoms with E-state index in [1.54, 1.807) is 13.8 Å². The van der Waals surface area contributed by atoms with Gasteiger partial charge in [0.05, 0.1) is 17.1 Å². The molecule has 0 aromatic rings. The minimum Gasteiger partial charge on any atom is -0.505 e. The number of aliphatic hydroxyl groups excluding tert-OH is 2. The molecule has 4 aliphatic rings. The van der Waals surface area contributed by atoms with Gasteiger partial charge in [0.25, 0.3) is 0 Å². The molecule has 4 N–H and O–H groups in total. The van der Waals surface area contributed by atoms with E-state index in [-0.39, 0.29) is 29.7 Å². The van der Waals surface area contributed by atoms with Crippen molar-refractivity contribution in [1.29, 1.82) is 0 Å². The van der Waals surface area contributed by atoms with Gasteiger partial charge in [-0.3, -0.25) is 14.4 Å². The van der Waals surface area contributed by atoms with Crippen LogP contribution >= 0.6 is 0 Å². The third kappa shape index (κ3) is 3.60. The molecule has 7 heteroatoms. The summed E-state index contributed by atoms with van der Waals surface area (Å²) in [7, 11) is 0. The molecule has 0 amide bonds. The molecule has 0 aliphatic heterocycles. The second-order valence-corrected chi connectivity index (χ2v) is 13.9. The van der Waals surface area contributed by atoms with E-state index in [4.69, 9.17) is 0 Å². The highest BCUT2D eigenvalue weighted by molar-refractivity contribution is 6.02. The Morgan fingerprint density at radius 3 is 2.22 bits per heavy atom. The molecule has 0 aromatic heterocycles. The molecule has 0 saturated heterocycles. The van der Waals surface area contributed by atoms with Crippen LogP contribution in [0, 0.1) is 39.4 Å². The Labute approximate surface area is 219 Å². The van der Waals surface area contributed by atoms with Crippen LogP contribution in [0.2, 0.25) is 0 Å². The number of hydrogen-bond donors (Lipinski definition) is 4. The van der Waals surface area contributed by atoms with Crippen LogP contribution in [0.15, 0.2) is 35.6 Å². The molecular weight excluding hydrogens is 472 g/mol. The Morgan fingerprint density at radius 2 is 1.65 bits per heavy atom. The number of fused-ring (bicyclic) bond motifs is 5. The van der Waals surface area contributed by atoms with Gasteiger partial charge in [0.2, 0.25) is 5.78 Å². The molecule has 0 spiro atoms. The van der Waals surface area contributed by atoms with Crippen LogP contribution in [-0.4, -0.2) is 55.1 Å². The van der Waals surface area contributed by atoms with E-state index in [0.29, 0.717) is 12.8 Å². The van der Waals surface area contributed by atoms with Gasteiger partial charge in [-0.25, -0.2) is 0 Å². The predicted octanol–water partition coefficient (Wildman–Crippen LogP) is 3.62. The van der Waals surface area contributed by atoms with Gasteiger partial charge in [-0.2, -0.15) is 0 Å². The Bertz CT molecular complexity index is 1150. The minimum atomic E-state index is -1.96. The summed E-state index contributed by atoms with van der Waals surface area (Å²) >= 11 is 0. The van der Waals surface area contributed by atoms with Gasteiger partial charge in [0.15, 0.2) is 11.5 Å². The summed E-state index contributed by atoms with van der Waals surface area (Å²) in [6.07, 6.45) is 5.85. The third-order valence-corrected chi connectivity index (χ3v) is 10.8. The zero-order valence-corrected chi connectivity index (χ0v) is 23.3. The lowest BCUT2D eigenvalue weighted by atomic mass is 9.39. The van der Waals surface area contributed by atoms with Crippen molar-refractivity contribution in [2.24, 2.45) is 39.4 Å². The molecule has 0 radical (unpaired) electrons. The monoisotopic (exact) mass is 514 g/mol. The maximum Gasteiger partial charge on any atom is 0.206 e. The van der Waals surface area contributed by atoms with Gasteiger partial charge in [0.1, 0.15) is 11.4 Å². The SMILES string of the molecule is CC(C)(O)/C=C/C(=O)[C@](C)(O)[C@H]1[C@H](O)C[C@@]2(C)[C@@H]3CC=C4[C@H](C=C(O)C(=O)C4(C)C)[C@]3(C)C(=O)C[C@]12C. The second kappa shape index (κ2) is 7.96. The van der Waals surface area contributed by atoms with Crippen molar-refractivity contribution in [1.82, 2.24) is 0 Å². The summed E-state index contributed by atoms with van der Waals surface area (Å²) in [6, 6.07) is 0. The van der Waals surface area contributed by atoms with E-state index in [1.165, 1.54) is 32.9 Å². The summed E-state index contributed by atoms with van der Waals surface area (Å²) in [4.78, 5) is 40.1. The lowest BCUT2D eigenvalue weighted by molar-refractivity contribution is -0.179. The maximum absolute atomic E-state index is 14.2. The molecule has 4 aliphatic carbocycles. The van der Waals surface area contributed by atoms with Crippen LogP contribution < -0.4 is 0 Å². The highest BCUT2D eigenvalue weighted by Gasteiger charge is 2.74. The number of Topliss-reactive ketones (excluding diaryl/α,β-unsaturated/α-hetero) is 2. The zero-order valence-electron chi connectivity index (χ0n) is 23.3. The predicted molar refractivity (Wildman–Crippen MR) is 138 cm³/mol. The van der Waals surface area contributed by atoms with Crippen molar-refractivity contribution in [3.63, 3.8) is 0 Å². The summed E-state index contributed by atoms with van der Waals surface area (Å²) < 4.78 is 0. The Morgan fingerprint density at radius 1 is 1.05 bits per heavy atom. The summed E-state index contributed by atoms with van der Waals surface area (Å²) in [5, 5.41) is 43.6. The van der Waals surface area contributed by atoms with Gasteiger partial charge >= 0.3 is 0 Å². The van der Waals surface area contributed by atoms with E-state index >= 15 is 0 Å². The number of rotatable bonds is 4. The highest BCUT2D eigenvalue weighted by Crippen LogP contribution is 2.73. The van der Waals surface area contributed by atoms with Crippen molar-refractivity contribution in [3.8, 4) is 0 Å². The lowest BCUT2D eigenvalue weighted by Crippen LogP contribution is -2.64. The Kier molecular flexibility index (Phi) is 6.01. The molecule has 37 heavy (non-hydrogen) atoms. The molecule has 2 saturated carbocycles. The van der Waals surface area contributed by atoms with Gasteiger partial charge in [-0.1, -0.05) is 38.5 Å². The number of hydrogen-bond acceptors (Lipinski definition) is 7. The van der Waals surface area contributed by atoms with Crippen molar-refractivity contribution < 1.29 is 34.8 Å². The highest BCUT2D eigenvalue weighted by atomic mass is 16.3. The fraction of sp³-hybridized carbons (Fsp3) is 0.700. The van der Waals surface area contributed by atoms with Crippen LogP contribution in [0.4, 0.5) is 0 Å². The molecule has 0 heterocycles. The van der Waals surface area contributed by atoms with Gasteiger partial charge in [-0.05, 0) is 76.4 Å². The molecule has 2 fully saturated rings. The number of carbonyl (C=O) groups excluding carboxylic acids is 3. The number of allylic oxidation sites excluding steroid dienone is 4. The average Bonchev–Trinajstić information content (AvgIpc) is 2.96. The van der Waals surface area contributed by atoms with Crippen molar-refractivity contribution in [2.75, 3.05) is 0 Å². The first-order valence-electron chi connectivity index (χ1n) is 13.2. The molecule has 0 aromatic carbocycles. The van der Waals surface area contributed by atoms with Gasteiger partial charge < -0.3 is 20.4 Å². The fourth-order valence-corrected chi connectivity index (χ4v) is 8.58. The number of ketones is 3. The largest absolute Gasteiger partial charge is 0.505 e. The first kappa shape index (κ1) is 27.9. The molecule has 0 bridgehead atoms. The fourth-order valence-electron chi connectivity index (χ4n) is 8.58. The molecule has 7 nitrogen and oxygen atoms in total. The third-order valence-electron chi connectivity index (χ3n) is 10.8. The van der Waals surface area contributed by atoms with E-state index < -0.39 is 56.6 Å². The van der Waals surface area contributed by atoms with Crippen LogP contribution in [0.3, 0.4) is 0 Å². The first-order chi connectivity index (χ1) is 16.7. The van der Waals surface area contributed by atoms with Crippen LogP contribution in [0.1, 0.15) is 74.7 Å². The van der Waals surface area contributed by atoms with E-state index in [1.807, 2.05) is 26.8 Å². The first-order valence-corrected chi connectivity index (χ1v) is 13.2. The maximum atomic E-state index is 14.2. The summed E-state index contributed by atoms with van der Waals surface area (Å²) in [5.74, 6) is -2.98. The molecule has 4 rings (SSSR count). The van der Waals surface area contributed by atoms with Crippen molar-refractivity contribution >= 4 is 17.3 Å². The molecule has 204 valence electrons. The van der Waals surface area contributed by atoms with Crippen molar-refractivity contribution in [3.05, 3.63) is 35.6 Å². The standard InChI is InChI=1S/C30H42O7/c1-25(2,36)12-11-21(33)30(8,37)23-19(32)14-27(5)20-10-9-16-17(13-18(31)24(35)26(16,3)4)29(20,7)22(34)15-28(23,27)6/h9,11-13,17,19-20,23,31-32,36-37H,10,14-15H2,1-8H3/b12-11+/t17-,19+,20-,23-,27-,28+,29-,30-/m0/s1. The van der Waals surface area contributed by atoms with Crippen LogP contribution in [-0.2, 0) is 14.4 Å². The van der Waals surface area contributed by atoms with E-state index in [2.05, 4.69) is 0 Å². The van der Waals surface area contributed by atoms with Gasteiger partial charge in [0, 0.05) is 23.7 Å². The summed E-state index contributed by atoms with van der Waals surface area (Å²) in [5.41, 5.74) is -5.75. The Hall–Kier alpha value is -2.09. The molecule has 0 unspecified atom stereocenters. The van der Waals surface area contributed by atoms with Gasteiger partial charge in [-0.15, -0.1) is 0 Å². The lowest BCUT2D eigenvalue weighted by Gasteiger charge is -2.63. The molecular formula is C30H42O7. The minimum absolute atomic E-state index is 0.0453. The normalized spacial score (nSPS) is 42.9. The van der Waals surface area contributed by atoms with E-state index in [9.17, 15) is 34.8 Å². The number of carbonyl (C=O) groups is 3. The second-order valence-electron chi connectivity index (χ2n) is 13.9. The smallest absolute Gasteiger partial charge is 0.206 e. The summed E-state index contributed by atoms with van der Waals surface area (Å²) in [6.45, 7) is 13.8. The van der Waals surface area contributed by atoms with Crippen LogP contribution in [0.25, 0.3) is 0 Å². The van der Waals surface area contributed by atoms with E-state index in [0.717, 1.165) is 11.6 Å². The van der Waals surface area contributed by atoms with Crippen LogP contribution in [0.5, 0.6) is 0 Å². The number of aliphatic hydroxyl groups is 4. The Balaban J connectivity index is 1.82. The quantitative estimate of drug-likeness (QED) is 0.333. The average molecular weight is 515 g/mol. The topological polar surface area (TPSA) is 132 Å².